The van der Waals surface area contributed by atoms with E-state index in [4.69, 9.17) is 0 Å². The lowest BCUT2D eigenvalue weighted by Crippen LogP contribution is -2.34. The van der Waals surface area contributed by atoms with E-state index in [2.05, 4.69) is 65.5 Å². The van der Waals surface area contributed by atoms with Gasteiger partial charge in [-0.05, 0) is 42.0 Å². The van der Waals surface area contributed by atoms with Crippen molar-refractivity contribution in [2.24, 2.45) is 0 Å². The molecule has 0 unspecified atom stereocenters. The molecule has 0 atom stereocenters. The van der Waals surface area contributed by atoms with Crippen LogP contribution in [0.2, 0.25) is 0 Å². The maximum absolute atomic E-state index is 2.36. The third kappa shape index (κ3) is 2.44. The lowest BCUT2D eigenvalue weighted by atomic mass is 9.93. The molecule has 1 aliphatic carbocycles. The molecule has 0 saturated carbocycles. The number of nitrogens with zero attached hydrogens (tertiary/aromatic N) is 1. The van der Waals surface area contributed by atoms with Gasteiger partial charge in [-0.2, -0.15) is 0 Å². The Balaban J connectivity index is 1.71. The summed E-state index contributed by atoms with van der Waals surface area (Å²) in [6, 6.07) is 17.6. The number of pyridine rings is 1. The molecule has 0 fully saturated rings. The second-order valence-corrected chi connectivity index (χ2v) is 6.01. The molecular formula is C20H20N+. The minimum absolute atomic E-state index is 0.953. The van der Waals surface area contributed by atoms with Gasteiger partial charge in [0.25, 0.3) is 0 Å². The summed E-state index contributed by atoms with van der Waals surface area (Å²) in [5.41, 5.74) is 4.49. The van der Waals surface area contributed by atoms with Crippen LogP contribution in [-0.4, -0.2) is 0 Å². The van der Waals surface area contributed by atoms with Crippen LogP contribution in [0.1, 0.15) is 29.5 Å². The zero-order valence-corrected chi connectivity index (χ0v) is 12.3. The van der Waals surface area contributed by atoms with Gasteiger partial charge in [0.2, 0.25) is 0 Å². The highest BCUT2D eigenvalue weighted by molar-refractivity contribution is 5.85. The Morgan fingerprint density at radius 1 is 0.810 bits per heavy atom. The van der Waals surface area contributed by atoms with Gasteiger partial charge in [-0.3, -0.25) is 0 Å². The minimum atomic E-state index is 0.953. The van der Waals surface area contributed by atoms with Crippen molar-refractivity contribution in [3.63, 3.8) is 0 Å². The fourth-order valence-electron chi connectivity index (χ4n) is 3.44. The Morgan fingerprint density at radius 3 is 2.57 bits per heavy atom. The molecule has 0 radical (unpaired) electrons. The summed E-state index contributed by atoms with van der Waals surface area (Å²) in [6.07, 6.45) is 9.78. The van der Waals surface area contributed by atoms with E-state index < -0.39 is 0 Å². The van der Waals surface area contributed by atoms with Crippen molar-refractivity contribution < 1.29 is 4.57 Å². The van der Waals surface area contributed by atoms with Gasteiger partial charge in [-0.15, -0.1) is 0 Å². The Morgan fingerprint density at radius 2 is 1.62 bits per heavy atom. The van der Waals surface area contributed by atoms with Crippen LogP contribution in [0, 0.1) is 0 Å². The van der Waals surface area contributed by atoms with E-state index in [-0.39, 0.29) is 0 Å². The molecule has 1 aromatic heterocycles. The summed E-state index contributed by atoms with van der Waals surface area (Å²) < 4.78 is 2.34. The monoisotopic (exact) mass is 274 g/mol. The van der Waals surface area contributed by atoms with Gasteiger partial charge >= 0.3 is 0 Å². The van der Waals surface area contributed by atoms with E-state index in [1.165, 1.54) is 42.0 Å². The molecule has 3 aromatic rings. The van der Waals surface area contributed by atoms with E-state index in [1.54, 1.807) is 11.1 Å². The predicted octanol–water partition coefficient (Wildman–Crippen LogP) is 4.05. The van der Waals surface area contributed by atoms with E-state index in [1.807, 2.05) is 0 Å². The first kappa shape index (κ1) is 12.6. The van der Waals surface area contributed by atoms with Crippen molar-refractivity contribution in [3.05, 3.63) is 77.6 Å². The average Bonchev–Trinajstić information content (AvgIpc) is 2.55. The maximum atomic E-state index is 2.36. The van der Waals surface area contributed by atoms with Gasteiger partial charge in [0.05, 0.1) is 0 Å². The summed E-state index contributed by atoms with van der Waals surface area (Å²) >= 11 is 0. The van der Waals surface area contributed by atoms with Crippen molar-refractivity contribution in [1.82, 2.24) is 0 Å². The van der Waals surface area contributed by atoms with Gasteiger partial charge in [0.1, 0.15) is 0 Å². The van der Waals surface area contributed by atoms with E-state index in [0.717, 1.165) is 6.54 Å². The average molecular weight is 274 g/mol. The third-order valence-corrected chi connectivity index (χ3v) is 4.58. The van der Waals surface area contributed by atoms with Crippen molar-refractivity contribution in [2.45, 2.75) is 32.2 Å². The number of benzene rings is 2. The Hall–Kier alpha value is -2.15. The summed E-state index contributed by atoms with van der Waals surface area (Å²) in [4.78, 5) is 0. The van der Waals surface area contributed by atoms with Gasteiger partial charge in [0.15, 0.2) is 18.9 Å². The number of aryl methyl sites for hydroxylation is 2. The van der Waals surface area contributed by atoms with Crippen LogP contribution < -0.4 is 4.57 Å². The van der Waals surface area contributed by atoms with Crippen molar-refractivity contribution >= 4 is 10.8 Å². The molecule has 0 amide bonds. The van der Waals surface area contributed by atoms with Gasteiger partial charge in [-0.25, -0.2) is 4.57 Å². The molecule has 1 heterocycles. The lowest BCUT2D eigenvalue weighted by molar-refractivity contribution is -0.688. The van der Waals surface area contributed by atoms with Crippen molar-refractivity contribution in [1.29, 1.82) is 0 Å². The summed E-state index contributed by atoms with van der Waals surface area (Å²) in [6.45, 7) is 0.953. The van der Waals surface area contributed by atoms with Gasteiger partial charge in [0, 0.05) is 17.2 Å². The van der Waals surface area contributed by atoms with Gasteiger partial charge in [-0.1, -0.05) is 42.5 Å². The molecule has 1 nitrogen and oxygen atoms in total. The van der Waals surface area contributed by atoms with Crippen molar-refractivity contribution in [2.75, 3.05) is 0 Å². The van der Waals surface area contributed by atoms with Crippen LogP contribution in [-0.2, 0) is 19.4 Å². The van der Waals surface area contributed by atoms with E-state index in [9.17, 15) is 0 Å². The molecule has 0 bridgehead atoms. The Kier molecular flexibility index (Phi) is 3.19. The molecule has 4 rings (SSSR count). The van der Waals surface area contributed by atoms with E-state index in [0.29, 0.717) is 0 Å². The number of aromatic nitrogens is 1. The largest absolute Gasteiger partial charge is 0.200 e. The van der Waals surface area contributed by atoms with Crippen LogP contribution in [0.5, 0.6) is 0 Å². The van der Waals surface area contributed by atoms with Crippen molar-refractivity contribution in [3.8, 4) is 0 Å². The van der Waals surface area contributed by atoms with Gasteiger partial charge < -0.3 is 0 Å². The first-order valence-corrected chi connectivity index (χ1v) is 7.88. The molecule has 1 heteroatoms. The number of fused-ring (bicyclic) bond motifs is 2. The van der Waals surface area contributed by atoms with Crippen LogP contribution >= 0.6 is 0 Å². The first-order valence-electron chi connectivity index (χ1n) is 7.88. The van der Waals surface area contributed by atoms with Crippen LogP contribution in [0.3, 0.4) is 0 Å². The molecule has 0 spiro atoms. The van der Waals surface area contributed by atoms with Crippen LogP contribution in [0.4, 0.5) is 0 Å². The molecule has 2 aromatic carbocycles. The standard InChI is InChI=1S/C20H20N/c1-2-8-18-14-21(13-12-16(18)6-1)15-19-10-5-9-17-7-3-4-11-20(17)19/h3-5,7,9-14H,1-2,6,8,15H2/q+1. The summed E-state index contributed by atoms with van der Waals surface area (Å²) in [5, 5.41) is 2.69. The fraction of sp³-hybridized carbons (Fsp3) is 0.250. The minimum Gasteiger partial charge on any atom is -0.200 e. The Labute approximate surface area is 125 Å². The lowest BCUT2D eigenvalue weighted by Gasteiger charge is -2.13. The summed E-state index contributed by atoms with van der Waals surface area (Å²) in [5.74, 6) is 0. The highest BCUT2D eigenvalue weighted by Gasteiger charge is 2.14. The molecule has 0 saturated heterocycles. The Bertz CT molecular complexity index is 783. The maximum Gasteiger partial charge on any atom is 0.174 e. The molecule has 21 heavy (non-hydrogen) atoms. The SMILES string of the molecule is c1ccc2c(C[n+]3ccc4c(c3)CCCC4)cccc2c1. The highest BCUT2D eigenvalue weighted by Crippen LogP contribution is 2.20. The quantitative estimate of drug-likeness (QED) is 0.621. The zero-order chi connectivity index (χ0) is 14.1. The topological polar surface area (TPSA) is 3.88 Å². The molecule has 104 valence electrons. The smallest absolute Gasteiger partial charge is 0.174 e. The number of hydrogen-bond acceptors (Lipinski definition) is 0. The molecule has 0 aliphatic heterocycles. The number of hydrogen-bond donors (Lipinski definition) is 0. The summed E-state index contributed by atoms with van der Waals surface area (Å²) in [7, 11) is 0. The normalized spacial score (nSPS) is 14.1. The molecular weight excluding hydrogens is 254 g/mol. The van der Waals surface area contributed by atoms with E-state index >= 15 is 0 Å². The van der Waals surface area contributed by atoms with Crippen LogP contribution in [0.25, 0.3) is 10.8 Å². The third-order valence-electron chi connectivity index (χ3n) is 4.58. The first-order chi connectivity index (χ1) is 10.4. The van der Waals surface area contributed by atoms with Crippen LogP contribution in [0.15, 0.2) is 60.9 Å². The second kappa shape index (κ2) is 5.33. The fourth-order valence-corrected chi connectivity index (χ4v) is 3.44. The number of rotatable bonds is 2. The zero-order valence-electron chi connectivity index (χ0n) is 12.3. The molecule has 0 N–H and O–H groups in total. The molecule has 1 aliphatic rings. The second-order valence-electron chi connectivity index (χ2n) is 6.01. The predicted molar refractivity (Wildman–Crippen MR) is 86.3 cm³/mol. The highest BCUT2D eigenvalue weighted by atomic mass is 14.9.